The molecule has 2 aromatic rings. The first-order valence-electron chi connectivity index (χ1n) is 8.40. The monoisotopic (exact) mass is 313 g/mol. The zero-order chi connectivity index (χ0) is 15.9. The van der Waals surface area contributed by atoms with E-state index in [1.54, 1.807) is 4.68 Å². The zero-order valence-corrected chi connectivity index (χ0v) is 13.3. The van der Waals surface area contributed by atoms with Crippen LogP contribution in [0.4, 0.5) is 0 Å². The molecule has 0 radical (unpaired) electrons. The van der Waals surface area contributed by atoms with Crippen molar-refractivity contribution >= 4 is 5.91 Å². The smallest absolute Gasteiger partial charge is 0.245 e. The number of amides is 1. The van der Waals surface area contributed by atoms with E-state index in [9.17, 15) is 4.79 Å². The fourth-order valence-corrected chi connectivity index (χ4v) is 3.18. The molecule has 122 valence electrons. The van der Waals surface area contributed by atoms with Crippen molar-refractivity contribution in [1.29, 1.82) is 0 Å². The molecule has 1 saturated carbocycles. The Morgan fingerprint density at radius 1 is 1.17 bits per heavy atom. The lowest BCUT2D eigenvalue weighted by Gasteiger charge is -2.21. The van der Waals surface area contributed by atoms with E-state index in [2.05, 4.69) is 20.8 Å². The van der Waals surface area contributed by atoms with Gasteiger partial charge in [-0.1, -0.05) is 56.0 Å². The zero-order valence-electron chi connectivity index (χ0n) is 13.3. The van der Waals surface area contributed by atoms with Crippen molar-refractivity contribution in [3.8, 4) is 0 Å². The molecule has 1 N–H and O–H groups in total. The maximum absolute atomic E-state index is 12.8. The summed E-state index contributed by atoms with van der Waals surface area (Å²) in [4.78, 5) is 12.8. The summed E-state index contributed by atoms with van der Waals surface area (Å²) in [5, 5.41) is 14.5. The lowest BCUT2D eigenvalue weighted by Crippen LogP contribution is -2.40. The number of carbonyl (C=O) groups excluding carboxylic acids is 1. The summed E-state index contributed by atoms with van der Waals surface area (Å²) in [6.45, 7) is 0. The average molecular weight is 313 g/mol. The molecule has 1 aromatic carbocycles. The lowest BCUT2D eigenvalue weighted by molar-refractivity contribution is -0.125. The van der Waals surface area contributed by atoms with Gasteiger partial charge < -0.3 is 5.32 Å². The maximum Gasteiger partial charge on any atom is 0.245 e. The summed E-state index contributed by atoms with van der Waals surface area (Å²) in [6, 6.07) is 9.85. The highest BCUT2D eigenvalue weighted by atomic mass is 16.2. The third-order valence-electron chi connectivity index (χ3n) is 4.46. The Morgan fingerprint density at radius 3 is 2.57 bits per heavy atom. The number of nitrogens with zero attached hydrogens (tertiary/aromatic N) is 4. The van der Waals surface area contributed by atoms with Crippen LogP contribution in [0.2, 0.25) is 0 Å². The van der Waals surface area contributed by atoms with E-state index in [0.717, 1.165) is 18.4 Å². The second-order valence-electron chi connectivity index (χ2n) is 6.19. The minimum atomic E-state index is -0.407. The van der Waals surface area contributed by atoms with E-state index in [0.29, 0.717) is 6.42 Å². The van der Waals surface area contributed by atoms with Gasteiger partial charge in [-0.15, -0.1) is 5.10 Å². The van der Waals surface area contributed by atoms with Gasteiger partial charge in [0.25, 0.3) is 0 Å². The highest BCUT2D eigenvalue weighted by Crippen LogP contribution is 2.19. The molecule has 6 nitrogen and oxygen atoms in total. The Kier molecular flexibility index (Phi) is 5.34. The van der Waals surface area contributed by atoms with Crippen LogP contribution in [-0.2, 0) is 11.2 Å². The summed E-state index contributed by atoms with van der Waals surface area (Å²) >= 11 is 0. The van der Waals surface area contributed by atoms with Crippen molar-refractivity contribution in [2.75, 3.05) is 0 Å². The highest BCUT2D eigenvalue weighted by molar-refractivity contribution is 5.80. The van der Waals surface area contributed by atoms with Crippen molar-refractivity contribution in [3.63, 3.8) is 0 Å². The van der Waals surface area contributed by atoms with Gasteiger partial charge in [0.1, 0.15) is 12.4 Å². The number of hydrogen-bond donors (Lipinski definition) is 1. The summed E-state index contributed by atoms with van der Waals surface area (Å²) in [7, 11) is 0. The number of tetrazole rings is 1. The molecule has 1 aliphatic rings. The summed E-state index contributed by atoms with van der Waals surface area (Å²) in [5.41, 5.74) is 1.10. The predicted molar refractivity (Wildman–Crippen MR) is 86.6 cm³/mol. The Labute approximate surface area is 136 Å². The fourth-order valence-electron chi connectivity index (χ4n) is 3.18. The van der Waals surface area contributed by atoms with Gasteiger partial charge >= 0.3 is 0 Å². The van der Waals surface area contributed by atoms with Crippen LogP contribution in [0.15, 0.2) is 36.7 Å². The van der Waals surface area contributed by atoms with Gasteiger partial charge in [-0.25, -0.2) is 4.68 Å². The topological polar surface area (TPSA) is 72.7 Å². The van der Waals surface area contributed by atoms with Gasteiger partial charge in [0.15, 0.2) is 0 Å². The molecular formula is C17H23N5O. The van der Waals surface area contributed by atoms with E-state index >= 15 is 0 Å². The van der Waals surface area contributed by atoms with E-state index in [-0.39, 0.29) is 11.9 Å². The van der Waals surface area contributed by atoms with E-state index in [1.165, 1.54) is 32.0 Å². The first-order chi connectivity index (χ1) is 11.3. The van der Waals surface area contributed by atoms with Crippen LogP contribution in [0, 0.1) is 0 Å². The van der Waals surface area contributed by atoms with E-state index in [1.807, 2.05) is 30.3 Å². The lowest BCUT2D eigenvalue weighted by atomic mass is 10.0. The van der Waals surface area contributed by atoms with E-state index < -0.39 is 6.04 Å². The van der Waals surface area contributed by atoms with Crippen LogP contribution < -0.4 is 5.32 Å². The van der Waals surface area contributed by atoms with Crippen molar-refractivity contribution < 1.29 is 4.79 Å². The standard InChI is InChI=1S/C17H23N5O/c23-17(19-15-10-6-1-2-7-11-15)16(22-13-18-20-21-22)12-14-8-4-3-5-9-14/h3-5,8-9,13,15-16H,1-2,6-7,10-12H2,(H,19,23). The Hall–Kier alpha value is -2.24. The van der Waals surface area contributed by atoms with Gasteiger partial charge in [-0.05, 0) is 28.8 Å². The molecule has 6 heteroatoms. The molecule has 23 heavy (non-hydrogen) atoms. The molecule has 0 aliphatic heterocycles. The minimum absolute atomic E-state index is 0.00746. The molecule has 1 fully saturated rings. The molecule has 0 spiro atoms. The summed E-state index contributed by atoms with van der Waals surface area (Å²) < 4.78 is 1.55. The number of rotatable bonds is 5. The Bertz CT molecular complexity index is 591. The number of nitrogens with one attached hydrogen (secondary N) is 1. The van der Waals surface area contributed by atoms with Crippen molar-refractivity contribution in [2.45, 2.75) is 57.0 Å². The van der Waals surface area contributed by atoms with Crippen LogP contribution in [-0.4, -0.2) is 32.2 Å². The third kappa shape index (κ3) is 4.37. The molecule has 1 heterocycles. The van der Waals surface area contributed by atoms with Crippen molar-refractivity contribution in [1.82, 2.24) is 25.5 Å². The molecule has 0 bridgehead atoms. The molecule has 1 atom stereocenters. The number of aromatic nitrogens is 4. The minimum Gasteiger partial charge on any atom is -0.352 e. The van der Waals surface area contributed by atoms with Crippen LogP contribution >= 0.6 is 0 Å². The molecule has 1 aromatic heterocycles. The van der Waals surface area contributed by atoms with Gasteiger partial charge in [0.2, 0.25) is 5.91 Å². The second-order valence-corrected chi connectivity index (χ2v) is 6.19. The second kappa shape index (κ2) is 7.85. The quantitative estimate of drug-likeness (QED) is 0.860. The van der Waals surface area contributed by atoms with Crippen LogP contribution in [0.25, 0.3) is 0 Å². The average Bonchev–Trinajstić information content (AvgIpc) is 2.98. The predicted octanol–water partition coefficient (Wildman–Crippen LogP) is 2.30. The van der Waals surface area contributed by atoms with Gasteiger partial charge in [-0.2, -0.15) is 0 Å². The third-order valence-corrected chi connectivity index (χ3v) is 4.46. The first-order valence-corrected chi connectivity index (χ1v) is 8.40. The van der Waals surface area contributed by atoms with Crippen LogP contribution in [0.5, 0.6) is 0 Å². The molecule has 1 amide bonds. The molecule has 1 unspecified atom stereocenters. The van der Waals surface area contributed by atoms with Gasteiger partial charge in [-0.3, -0.25) is 4.79 Å². The summed E-state index contributed by atoms with van der Waals surface area (Å²) in [6.07, 6.45) is 9.17. The molecule has 3 rings (SSSR count). The molecule has 1 aliphatic carbocycles. The number of carbonyl (C=O) groups is 1. The number of benzene rings is 1. The normalized spacial score (nSPS) is 17.4. The SMILES string of the molecule is O=C(NC1CCCCCC1)C(Cc1ccccc1)n1cnnn1. The fraction of sp³-hybridized carbons (Fsp3) is 0.529. The first kappa shape index (κ1) is 15.6. The van der Waals surface area contributed by atoms with Gasteiger partial charge in [0.05, 0.1) is 0 Å². The molecule has 0 saturated heterocycles. The summed E-state index contributed by atoms with van der Waals surface area (Å²) in [5.74, 6) is 0.00746. The van der Waals surface area contributed by atoms with Crippen molar-refractivity contribution in [2.24, 2.45) is 0 Å². The molecular weight excluding hydrogens is 290 g/mol. The number of hydrogen-bond acceptors (Lipinski definition) is 4. The highest BCUT2D eigenvalue weighted by Gasteiger charge is 2.25. The largest absolute Gasteiger partial charge is 0.352 e. The van der Waals surface area contributed by atoms with Gasteiger partial charge in [0, 0.05) is 12.5 Å². The van der Waals surface area contributed by atoms with Crippen LogP contribution in [0.1, 0.15) is 50.1 Å². The van der Waals surface area contributed by atoms with Crippen molar-refractivity contribution in [3.05, 3.63) is 42.2 Å². The maximum atomic E-state index is 12.8. The Morgan fingerprint density at radius 2 is 1.91 bits per heavy atom. The van der Waals surface area contributed by atoms with Crippen LogP contribution in [0.3, 0.4) is 0 Å². The Balaban J connectivity index is 1.71. The van der Waals surface area contributed by atoms with E-state index in [4.69, 9.17) is 0 Å².